The van der Waals surface area contributed by atoms with Crippen LogP contribution >= 0.6 is 22.4 Å². The van der Waals surface area contributed by atoms with Crippen LogP contribution in [0.4, 0.5) is 5.95 Å². The second-order valence-electron chi connectivity index (χ2n) is 12.2. The number of anilines is 1. The number of fused-ring (bicyclic) bond motifs is 2. The number of nitrogen functional groups attached to an aromatic ring is 1. The van der Waals surface area contributed by atoms with E-state index in [1.807, 2.05) is 0 Å². The predicted molar refractivity (Wildman–Crippen MR) is 174 cm³/mol. The number of phosphoric ester groups is 2. The Morgan fingerprint density at radius 1 is 0.981 bits per heavy atom. The maximum atomic E-state index is 12.7. The normalized spacial score (nSPS) is 31.8. The number of nitrogens with two attached hydrogens (primary N) is 1. The van der Waals surface area contributed by atoms with Gasteiger partial charge in [-0.3, -0.25) is 27.5 Å². The van der Waals surface area contributed by atoms with Crippen LogP contribution in [-0.2, 0) is 48.1 Å². The van der Waals surface area contributed by atoms with Crippen molar-refractivity contribution in [2.75, 3.05) is 25.6 Å². The van der Waals surface area contributed by atoms with Gasteiger partial charge in [0.2, 0.25) is 11.5 Å². The monoisotopic (exact) mass is 824 g/mol. The Labute approximate surface area is 302 Å². The molecule has 290 valence electrons. The number of H-pyrrole nitrogens is 2. The lowest BCUT2D eigenvalue weighted by molar-refractivity contribution is -0.244. The summed E-state index contributed by atoms with van der Waals surface area (Å²) in [6.45, 7) is -5.17. The van der Waals surface area contributed by atoms with E-state index in [0.717, 1.165) is 0 Å². The van der Waals surface area contributed by atoms with Gasteiger partial charge in [0.1, 0.15) is 48.7 Å². The van der Waals surface area contributed by atoms with Crippen molar-refractivity contribution in [3.05, 3.63) is 56.1 Å². The van der Waals surface area contributed by atoms with Crippen molar-refractivity contribution in [3.63, 3.8) is 0 Å². The molecule has 5 heterocycles. The first-order valence-electron chi connectivity index (χ1n) is 15.4. The Morgan fingerprint density at radius 2 is 1.60 bits per heavy atom. The number of nitrogens with zero attached hydrogens (tertiary/aromatic N) is 3. The number of hydrogen-bond donors (Lipinski definition) is 7. The second kappa shape index (κ2) is 14.8. The summed E-state index contributed by atoms with van der Waals surface area (Å²) < 4.78 is 55.3. The summed E-state index contributed by atoms with van der Waals surface area (Å²) in [4.78, 5) is 75.5. The van der Waals surface area contributed by atoms with Gasteiger partial charge in [0, 0.05) is 19.0 Å². The molecule has 0 aromatic carbocycles. The van der Waals surface area contributed by atoms with Gasteiger partial charge in [-0.25, -0.2) is 9.78 Å². The molecule has 6 rings (SSSR count). The van der Waals surface area contributed by atoms with Crippen molar-refractivity contribution in [3.8, 4) is 0 Å². The van der Waals surface area contributed by atoms with Crippen LogP contribution in [0.15, 0.2) is 21.9 Å². The third-order valence-corrected chi connectivity index (χ3v) is 14.0. The van der Waals surface area contributed by atoms with E-state index in [1.165, 1.54) is 23.8 Å². The van der Waals surface area contributed by atoms with Gasteiger partial charge >= 0.3 is 5.56 Å². The fraction of sp³-hybridized carbons (Fsp3) is 0.538. The van der Waals surface area contributed by atoms with E-state index in [2.05, 4.69) is 55.5 Å². The Balaban J connectivity index is 1.05. The van der Waals surface area contributed by atoms with E-state index in [9.17, 15) is 53.8 Å². The lowest BCUT2D eigenvalue weighted by Crippen LogP contribution is -2.34. The molecule has 8 N–H and O–H groups in total. The fourth-order valence-corrected chi connectivity index (χ4v) is 11.2. The third-order valence-electron chi connectivity index (χ3n) is 8.63. The minimum absolute atomic E-state index is 0.0865. The number of aryl methyl sites for hydroxylation is 1. The molecule has 3 aliphatic rings. The van der Waals surface area contributed by atoms with E-state index in [4.69, 9.17) is 15.2 Å². The highest BCUT2D eigenvalue weighted by atomic mass is 32.5. The average molecular weight is 825 g/mol. The Morgan fingerprint density at radius 3 is 2.23 bits per heavy atom. The van der Waals surface area contributed by atoms with Gasteiger partial charge in [0.15, 0.2) is 23.4 Å². The average Bonchev–Trinajstić information content (AvgIpc) is 3.77. The second-order valence-corrected chi connectivity index (χ2v) is 18.0. The summed E-state index contributed by atoms with van der Waals surface area (Å²) in [6.07, 6.45) is -6.20. The van der Waals surface area contributed by atoms with Gasteiger partial charge < -0.3 is 68.9 Å². The van der Waals surface area contributed by atoms with Crippen molar-refractivity contribution in [2.45, 2.75) is 62.6 Å². The van der Waals surface area contributed by atoms with Crippen molar-refractivity contribution in [1.82, 2.24) is 24.5 Å². The quantitative estimate of drug-likeness (QED) is 0.0654. The minimum Gasteiger partial charge on any atom is -0.779 e. The molecule has 3 aromatic rings. The standard InChI is InChI=1S/C26H33N6O17P3S/c1-9-5-12(17-16(9)24(38)31-26(27)30-17)21-13(6-33)18(34)14(46-21)7-44-50(39,40)48-52(43,53)49-51(41,42)45-8-15-19(35)20(36)25(47-15)32-4-3-11-22(32)28-10(2)29-23(11)37/h3-4,12-15,18-21,25,33-36H,6-8H2,1-2H3,(H6-,27,28,29,30,31,37,38,39,40,41,42,43,53)/p-2/t12?,13?,14-,15-,18?,19+,20?,21+,25-,52?/m1/s1. The number of aliphatic hydroxyl groups excluding tert-OH is 4. The number of aliphatic hydroxyl groups is 4. The van der Waals surface area contributed by atoms with Gasteiger partial charge in [-0.15, -0.1) is 0 Å². The van der Waals surface area contributed by atoms with Crippen LogP contribution in [-0.4, -0.2) is 101 Å². The van der Waals surface area contributed by atoms with Gasteiger partial charge in [0.25, 0.3) is 21.2 Å². The molecule has 0 radical (unpaired) electrons. The fourth-order valence-electron chi connectivity index (χ4n) is 6.33. The topological polar surface area (TPSA) is 362 Å². The first-order chi connectivity index (χ1) is 24.7. The maximum Gasteiger partial charge on any atom is 0.344 e. The van der Waals surface area contributed by atoms with Crippen LogP contribution in [0.2, 0.25) is 0 Å². The van der Waals surface area contributed by atoms with Crippen molar-refractivity contribution in [1.29, 1.82) is 0 Å². The zero-order valence-corrected chi connectivity index (χ0v) is 30.7. The molecule has 2 aliphatic heterocycles. The Kier molecular flexibility index (Phi) is 11.2. The summed E-state index contributed by atoms with van der Waals surface area (Å²) in [7, 11) is -11.6. The number of aromatic amines is 2. The lowest BCUT2D eigenvalue weighted by atomic mass is 9.88. The number of hydrogen-bond acceptors (Lipinski definition) is 21. The third kappa shape index (κ3) is 8.17. The molecule has 23 nitrogen and oxygen atoms in total. The van der Waals surface area contributed by atoms with E-state index >= 15 is 0 Å². The number of nitrogens with one attached hydrogen (secondary N) is 2. The first-order valence-corrected chi connectivity index (χ1v) is 20.9. The molecule has 1 aliphatic carbocycles. The summed E-state index contributed by atoms with van der Waals surface area (Å²) in [5, 5.41) is 42.0. The SMILES string of the molecule is CC1=[C+]C([C@@H]2O[C@H](COP(=O)([O-])OP([O-])(=S)OP(=O)([O-])OC[C@H]3O[C@@H](n4ccc5c(=O)[nH]c(C)nc54)C(O)[C@H]3O)C(O)C2CO)c2nc(N)[nH]c(=O)c21. The molecule has 0 amide bonds. The molecule has 0 bridgehead atoms. The molecule has 27 heteroatoms. The van der Waals surface area contributed by atoms with Gasteiger partial charge in [0.05, 0.1) is 37.4 Å². The molecular formula is C26H31N6O17P3S-2. The van der Waals surface area contributed by atoms with E-state index in [-0.39, 0.29) is 34.1 Å². The summed E-state index contributed by atoms with van der Waals surface area (Å²) in [6, 6.07) is 1.38. The largest absolute Gasteiger partial charge is 0.779 e. The highest BCUT2D eigenvalue weighted by Gasteiger charge is 2.54. The van der Waals surface area contributed by atoms with Crippen molar-refractivity contribution in [2.24, 2.45) is 5.92 Å². The van der Waals surface area contributed by atoms with E-state index < -0.39 is 108 Å². The summed E-state index contributed by atoms with van der Waals surface area (Å²) >= 11 is 4.42. The van der Waals surface area contributed by atoms with Gasteiger partial charge in [-0.1, -0.05) is 11.8 Å². The molecular weight excluding hydrogens is 793 g/mol. The van der Waals surface area contributed by atoms with Gasteiger partial charge in [-0.05, 0) is 13.0 Å². The molecule has 0 spiro atoms. The summed E-state index contributed by atoms with van der Waals surface area (Å²) in [5.74, 6) is -1.97. The Bertz CT molecular complexity index is 2200. The van der Waals surface area contributed by atoms with Crippen LogP contribution in [0.25, 0.3) is 16.6 Å². The number of phosphoric acid groups is 2. The van der Waals surface area contributed by atoms with E-state index in [0.29, 0.717) is 5.57 Å². The van der Waals surface area contributed by atoms with Crippen LogP contribution in [0.5, 0.6) is 0 Å². The lowest BCUT2D eigenvalue weighted by Gasteiger charge is -2.37. The molecule has 7 unspecified atom stereocenters. The molecule has 53 heavy (non-hydrogen) atoms. The molecule has 2 fully saturated rings. The van der Waals surface area contributed by atoms with Crippen LogP contribution < -0.4 is 31.5 Å². The zero-order valence-electron chi connectivity index (χ0n) is 27.2. The Hall–Kier alpha value is -2.66. The molecule has 12 atom stereocenters. The molecule has 3 aromatic heterocycles. The van der Waals surface area contributed by atoms with Crippen molar-refractivity contribution >= 4 is 56.7 Å². The first kappa shape index (κ1) is 40.0. The molecule has 2 saturated heterocycles. The number of ether oxygens (including phenoxy) is 2. The summed E-state index contributed by atoms with van der Waals surface area (Å²) in [5.41, 5.74) is 5.41. The number of rotatable bonds is 13. The highest BCUT2D eigenvalue weighted by Crippen LogP contribution is 2.63. The smallest absolute Gasteiger partial charge is 0.344 e. The van der Waals surface area contributed by atoms with Crippen molar-refractivity contribution < 1.29 is 71.4 Å². The van der Waals surface area contributed by atoms with Crippen LogP contribution in [0.1, 0.15) is 36.2 Å². The number of allylic oxidation sites excluding steroid dienone is 1. The van der Waals surface area contributed by atoms with Gasteiger partial charge in [-0.2, -0.15) is 4.98 Å². The minimum atomic E-state index is -5.79. The maximum absolute atomic E-state index is 12.7. The highest BCUT2D eigenvalue weighted by molar-refractivity contribution is 8.09. The van der Waals surface area contributed by atoms with Crippen LogP contribution in [0, 0.1) is 18.9 Å². The van der Waals surface area contributed by atoms with E-state index in [1.54, 1.807) is 6.92 Å². The molecule has 0 saturated carbocycles. The van der Waals surface area contributed by atoms with Crippen LogP contribution in [0.3, 0.4) is 0 Å². The number of aromatic nitrogens is 5. The zero-order chi connectivity index (χ0) is 38.8. The predicted octanol–water partition coefficient (Wildman–Crippen LogP) is -3.35.